The third-order valence-corrected chi connectivity index (χ3v) is 3.85. The molecule has 1 heterocycles. The fourth-order valence-corrected chi connectivity index (χ4v) is 2.12. The van der Waals surface area contributed by atoms with Crippen LogP contribution < -0.4 is 0 Å². The molecule has 122 valence electrons. The summed E-state index contributed by atoms with van der Waals surface area (Å²) in [5.41, 5.74) is -0.105. The summed E-state index contributed by atoms with van der Waals surface area (Å²) in [6.45, 7) is 14.1. The van der Waals surface area contributed by atoms with Crippen LogP contribution in [0.1, 0.15) is 27.2 Å². The molecule has 0 saturated carbocycles. The van der Waals surface area contributed by atoms with Crippen molar-refractivity contribution < 1.29 is 14.6 Å². The maximum absolute atomic E-state index is 12.0. The lowest BCUT2D eigenvalue weighted by Crippen LogP contribution is -2.52. The first-order chi connectivity index (χ1) is 9.84. The lowest BCUT2D eigenvalue weighted by Gasteiger charge is -2.38. The van der Waals surface area contributed by atoms with Crippen molar-refractivity contribution in [3.8, 4) is 0 Å². The number of hydrogen-bond donors (Lipinski definition) is 1. The molecule has 0 bridgehead atoms. The van der Waals surface area contributed by atoms with Gasteiger partial charge in [-0.3, -0.25) is 9.69 Å². The van der Waals surface area contributed by atoms with E-state index in [4.69, 9.17) is 4.74 Å². The monoisotopic (exact) mass is 298 g/mol. The van der Waals surface area contributed by atoms with Crippen LogP contribution in [0.2, 0.25) is 0 Å². The molecule has 1 rings (SSSR count). The van der Waals surface area contributed by atoms with Crippen molar-refractivity contribution in [3.63, 3.8) is 0 Å². The number of carbonyl (C=O) groups is 1. The zero-order valence-electron chi connectivity index (χ0n) is 13.7. The number of carbonyl (C=O) groups excluding carboxylic acids is 1. The second-order valence-corrected chi connectivity index (χ2v) is 6.69. The minimum Gasteiger partial charge on any atom is -0.391 e. The van der Waals surface area contributed by atoms with Crippen LogP contribution in [-0.4, -0.2) is 72.9 Å². The van der Waals surface area contributed by atoms with E-state index in [0.29, 0.717) is 26.2 Å². The molecule has 1 unspecified atom stereocenters. The molecule has 0 aromatic rings. The molecule has 0 aromatic carbocycles. The van der Waals surface area contributed by atoms with Crippen LogP contribution in [0.5, 0.6) is 0 Å². The number of piperazine rings is 1. The van der Waals surface area contributed by atoms with Gasteiger partial charge in [0.05, 0.1) is 12.7 Å². The minimum absolute atomic E-state index is 0.0510. The second-order valence-electron chi connectivity index (χ2n) is 6.69. The first-order valence-corrected chi connectivity index (χ1v) is 7.71. The van der Waals surface area contributed by atoms with Crippen molar-refractivity contribution in [2.24, 2.45) is 5.41 Å². The van der Waals surface area contributed by atoms with E-state index in [-0.39, 0.29) is 24.0 Å². The number of nitrogens with zero attached hydrogens (tertiary/aromatic N) is 2. The van der Waals surface area contributed by atoms with Gasteiger partial charge in [-0.1, -0.05) is 26.8 Å². The Bertz CT molecular complexity index is 331. The Balaban J connectivity index is 2.25. The molecule has 1 N–H and O–H groups in total. The zero-order valence-corrected chi connectivity index (χ0v) is 13.7. The van der Waals surface area contributed by atoms with E-state index in [9.17, 15) is 9.90 Å². The van der Waals surface area contributed by atoms with E-state index in [2.05, 4.69) is 11.5 Å². The summed E-state index contributed by atoms with van der Waals surface area (Å²) in [4.78, 5) is 16.0. The van der Waals surface area contributed by atoms with Crippen molar-refractivity contribution in [2.75, 3.05) is 45.9 Å². The molecule has 21 heavy (non-hydrogen) atoms. The molecule has 5 heteroatoms. The molecule has 0 aromatic heterocycles. The van der Waals surface area contributed by atoms with Gasteiger partial charge in [-0.15, -0.1) is 6.58 Å². The summed E-state index contributed by atoms with van der Waals surface area (Å²) in [6.07, 6.45) is 2.21. The quantitative estimate of drug-likeness (QED) is 0.565. The third kappa shape index (κ3) is 6.59. The summed E-state index contributed by atoms with van der Waals surface area (Å²) in [6, 6.07) is 0. The number of amides is 1. The molecule has 1 atom stereocenters. The second kappa shape index (κ2) is 8.51. The molecule has 1 aliphatic heterocycles. The van der Waals surface area contributed by atoms with Crippen molar-refractivity contribution in [1.82, 2.24) is 9.80 Å². The van der Waals surface area contributed by atoms with Crippen molar-refractivity contribution in [2.45, 2.75) is 33.3 Å². The van der Waals surface area contributed by atoms with E-state index in [0.717, 1.165) is 19.5 Å². The standard InChI is InChI=1S/C16H30N2O3/c1-5-6-11-21-13-15(20)18-9-7-17(8-10-18)12-14(19)16(2,3)4/h5,14,19H,1,6-13H2,2-4H3. The van der Waals surface area contributed by atoms with Gasteiger partial charge in [0.2, 0.25) is 5.91 Å². The molecule has 5 nitrogen and oxygen atoms in total. The summed E-state index contributed by atoms with van der Waals surface area (Å²) < 4.78 is 5.31. The van der Waals surface area contributed by atoms with E-state index < -0.39 is 0 Å². The molecule has 1 fully saturated rings. The van der Waals surface area contributed by atoms with Crippen molar-refractivity contribution >= 4 is 5.91 Å². The predicted molar refractivity (Wildman–Crippen MR) is 84.1 cm³/mol. The van der Waals surface area contributed by atoms with E-state index in [1.165, 1.54) is 0 Å². The SMILES string of the molecule is C=CCCOCC(=O)N1CCN(CC(O)C(C)(C)C)CC1. The molecular formula is C16H30N2O3. The number of β-amino-alcohol motifs (C(OH)–C–C–N with tert-alkyl or cyclic N) is 1. The topological polar surface area (TPSA) is 53.0 Å². The molecular weight excluding hydrogens is 268 g/mol. The van der Waals surface area contributed by atoms with Gasteiger partial charge < -0.3 is 14.7 Å². The van der Waals surface area contributed by atoms with Gasteiger partial charge in [0.25, 0.3) is 0 Å². The lowest BCUT2D eigenvalue weighted by molar-refractivity contribution is -0.138. The zero-order chi connectivity index (χ0) is 15.9. The van der Waals surface area contributed by atoms with Gasteiger partial charge in [-0.05, 0) is 11.8 Å². The summed E-state index contributed by atoms with van der Waals surface area (Å²) >= 11 is 0. The van der Waals surface area contributed by atoms with Crippen LogP contribution in [-0.2, 0) is 9.53 Å². The summed E-state index contributed by atoms with van der Waals surface area (Å²) in [7, 11) is 0. The minimum atomic E-state index is -0.345. The molecule has 1 aliphatic rings. The third-order valence-electron chi connectivity index (χ3n) is 3.85. The Hall–Kier alpha value is -0.910. The highest BCUT2D eigenvalue weighted by Gasteiger charge is 2.27. The fourth-order valence-electron chi connectivity index (χ4n) is 2.12. The first-order valence-electron chi connectivity index (χ1n) is 7.71. The van der Waals surface area contributed by atoms with Crippen molar-refractivity contribution in [1.29, 1.82) is 0 Å². The molecule has 0 radical (unpaired) electrons. The molecule has 0 aliphatic carbocycles. The average molecular weight is 298 g/mol. The number of rotatable bonds is 7. The van der Waals surface area contributed by atoms with Crippen LogP contribution in [0.15, 0.2) is 12.7 Å². The average Bonchev–Trinajstić information content (AvgIpc) is 2.43. The first kappa shape index (κ1) is 18.1. The Labute approximate surface area is 128 Å². The van der Waals surface area contributed by atoms with E-state index >= 15 is 0 Å². The molecule has 0 spiro atoms. The van der Waals surface area contributed by atoms with Crippen LogP contribution >= 0.6 is 0 Å². The van der Waals surface area contributed by atoms with Gasteiger partial charge in [0, 0.05) is 32.7 Å². The van der Waals surface area contributed by atoms with Gasteiger partial charge in [-0.25, -0.2) is 0 Å². The Morgan fingerprint density at radius 2 is 1.95 bits per heavy atom. The highest BCUT2D eigenvalue weighted by atomic mass is 16.5. The predicted octanol–water partition coefficient (Wildman–Crippen LogP) is 1.13. The van der Waals surface area contributed by atoms with Crippen LogP contribution in [0.4, 0.5) is 0 Å². The van der Waals surface area contributed by atoms with Gasteiger partial charge in [-0.2, -0.15) is 0 Å². The highest BCUT2D eigenvalue weighted by molar-refractivity contribution is 5.77. The van der Waals surface area contributed by atoms with Gasteiger partial charge >= 0.3 is 0 Å². The van der Waals surface area contributed by atoms with E-state index in [1.54, 1.807) is 6.08 Å². The Morgan fingerprint density at radius 1 is 1.33 bits per heavy atom. The maximum atomic E-state index is 12.0. The van der Waals surface area contributed by atoms with Crippen LogP contribution in [0, 0.1) is 5.41 Å². The fraction of sp³-hybridized carbons (Fsp3) is 0.812. The maximum Gasteiger partial charge on any atom is 0.248 e. The molecule has 1 saturated heterocycles. The lowest BCUT2D eigenvalue weighted by atomic mass is 9.89. The number of ether oxygens (including phenoxy) is 1. The summed E-state index contributed by atoms with van der Waals surface area (Å²) in [5.74, 6) is 0.0510. The number of hydrogen-bond acceptors (Lipinski definition) is 4. The summed E-state index contributed by atoms with van der Waals surface area (Å²) in [5, 5.41) is 10.1. The van der Waals surface area contributed by atoms with E-state index in [1.807, 2.05) is 25.7 Å². The van der Waals surface area contributed by atoms with Gasteiger partial charge in [0.1, 0.15) is 6.61 Å². The molecule has 1 amide bonds. The van der Waals surface area contributed by atoms with Crippen molar-refractivity contribution in [3.05, 3.63) is 12.7 Å². The highest BCUT2D eigenvalue weighted by Crippen LogP contribution is 2.20. The Kier molecular flexibility index (Phi) is 7.35. The van der Waals surface area contributed by atoms with Crippen LogP contribution in [0.3, 0.4) is 0 Å². The Morgan fingerprint density at radius 3 is 2.48 bits per heavy atom. The van der Waals surface area contributed by atoms with Gasteiger partial charge in [0.15, 0.2) is 0 Å². The normalized spacial score (nSPS) is 18.6. The van der Waals surface area contributed by atoms with Crippen LogP contribution in [0.25, 0.3) is 0 Å². The smallest absolute Gasteiger partial charge is 0.248 e. The number of aliphatic hydroxyl groups is 1. The number of aliphatic hydroxyl groups excluding tert-OH is 1. The largest absolute Gasteiger partial charge is 0.391 e.